The Morgan fingerprint density at radius 2 is 0.864 bits per heavy atom. The van der Waals surface area contributed by atoms with Crippen molar-refractivity contribution in [2.24, 2.45) is 0 Å². The van der Waals surface area contributed by atoms with Crippen LogP contribution in [0.3, 0.4) is 0 Å². The Morgan fingerprint density at radius 1 is 0.636 bits per heavy atom. The van der Waals surface area contributed by atoms with Crippen molar-refractivity contribution in [1.82, 2.24) is 19.6 Å². The molecular weight excluding hydrogens is 296 g/mol. The standard InChI is InChI=1S/C12H22N4O6/c1-19-5-13-9-10(15(7-21-3)11(13)17)16(8-22-4)12(18)14(9)6-20-2/h9-10H,5-8H2,1-4H3. The highest BCUT2D eigenvalue weighted by molar-refractivity contribution is 5.85. The SMILES string of the molecule is COCN1C(=O)N(COC)C2C1N(COC)C(=O)N2COC. The van der Waals surface area contributed by atoms with E-state index in [4.69, 9.17) is 18.9 Å². The van der Waals surface area contributed by atoms with Crippen LogP contribution in [0.2, 0.25) is 0 Å². The van der Waals surface area contributed by atoms with Gasteiger partial charge in [0.15, 0.2) is 12.3 Å². The van der Waals surface area contributed by atoms with E-state index >= 15 is 0 Å². The van der Waals surface area contributed by atoms with Gasteiger partial charge in [-0.1, -0.05) is 0 Å². The predicted octanol–water partition coefficient (Wildman–Crippen LogP) is -0.471. The summed E-state index contributed by atoms with van der Waals surface area (Å²) in [4.78, 5) is 31.0. The smallest absolute Gasteiger partial charge is 0.327 e. The van der Waals surface area contributed by atoms with Crippen LogP contribution in [0, 0.1) is 0 Å². The quantitative estimate of drug-likeness (QED) is 0.601. The Kier molecular flexibility index (Phi) is 5.40. The summed E-state index contributed by atoms with van der Waals surface area (Å²) in [6.45, 7) is 0.256. The summed E-state index contributed by atoms with van der Waals surface area (Å²) < 4.78 is 20.4. The topological polar surface area (TPSA) is 84.0 Å². The van der Waals surface area contributed by atoms with Gasteiger partial charge in [-0.05, 0) is 0 Å². The molecule has 0 spiro atoms. The molecule has 2 aliphatic heterocycles. The monoisotopic (exact) mass is 318 g/mol. The van der Waals surface area contributed by atoms with Crippen molar-refractivity contribution in [2.45, 2.75) is 12.3 Å². The van der Waals surface area contributed by atoms with Crippen molar-refractivity contribution in [3.8, 4) is 0 Å². The maximum Gasteiger partial charge on any atom is 0.327 e. The van der Waals surface area contributed by atoms with Crippen molar-refractivity contribution in [1.29, 1.82) is 0 Å². The Bertz CT molecular complexity index is 352. The molecular formula is C12H22N4O6. The largest absolute Gasteiger partial charge is 0.364 e. The molecule has 0 saturated carbocycles. The van der Waals surface area contributed by atoms with Crippen LogP contribution in [-0.2, 0) is 18.9 Å². The highest BCUT2D eigenvalue weighted by Crippen LogP contribution is 2.34. The van der Waals surface area contributed by atoms with Gasteiger partial charge in [-0.2, -0.15) is 0 Å². The van der Waals surface area contributed by atoms with Crippen LogP contribution in [0.15, 0.2) is 0 Å². The molecule has 0 N–H and O–H groups in total. The van der Waals surface area contributed by atoms with Crippen molar-refractivity contribution < 1.29 is 28.5 Å². The third-order valence-corrected chi connectivity index (χ3v) is 3.60. The summed E-state index contributed by atoms with van der Waals surface area (Å²) in [7, 11) is 5.97. The van der Waals surface area contributed by atoms with Crippen LogP contribution in [0.1, 0.15) is 0 Å². The molecule has 0 aromatic heterocycles. The van der Waals surface area contributed by atoms with Crippen LogP contribution in [-0.4, -0.2) is 99.4 Å². The van der Waals surface area contributed by atoms with Gasteiger partial charge in [-0.3, -0.25) is 19.6 Å². The van der Waals surface area contributed by atoms with Gasteiger partial charge in [-0.15, -0.1) is 0 Å². The molecule has 126 valence electrons. The zero-order valence-electron chi connectivity index (χ0n) is 13.2. The molecule has 2 aliphatic rings. The molecule has 22 heavy (non-hydrogen) atoms. The maximum absolute atomic E-state index is 12.6. The number of rotatable bonds is 8. The summed E-state index contributed by atoms with van der Waals surface area (Å²) in [5, 5.41) is 0. The van der Waals surface area contributed by atoms with Crippen molar-refractivity contribution in [2.75, 3.05) is 55.4 Å². The number of nitrogens with zero attached hydrogens (tertiary/aromatic N) is 4. The number of methoxy groups -OCH3 is 4. The zero-order chi connectivity index (χ0) is 16.3. The van der Waals surface area contributed by atoms with Crippen LogP contribution in [0.25, 0.3) is 0 Å². The minimum Gasteiger partial charge on any atom is -0.364 e. The lowest BCUT2D eigenvalue weighted by Gasteiger charge is -2.28. The molecule has 0 aliphatic carbocycles. The molecule has 2 fully saturated rings. The second kappa shape index (κ2) is 7.09. The second-order valence-electron chi connectivity index (χ2n) is 4.94. The van der Waals surface area contributed by atoms with Crippen LogP contribution < -0.4 is 0 Å². The fourth-order valence-corrected chi connectivity index (χ4v) is 2.85. The van der Waals surface area contributed by atoms with E-state index in [1.165, 1.54) is 48.0 Å². The van der Waals surface area contributed by atoms with Crippen molar-refractivity contribution >= 4 is 12.1 Å². The average molecular weight is 318 g/mol. The molecule has 0 unspecified atom stereocenters. The van der Waals surface area contributed by atoms with Gasteiger partial charge in [0.25, 0.3) is 0 Å². The van der Waals surface area contributed by atoms with E-state index in [0.717, 1.165) is 0 Å². The number of fused-ring (bicyclic) bond motifs is 1. The van der Waals surface area contributed by atoms with Crippen LogP contribution >= 0.6 is 0 Å². The molecule has 0 radical (unpaired) electrons. The molecule has 2 rings (SSSR count). The number of carbonyl (C=O) groups excluding carboxylic acids is 2. The van der Waals surface area contributed by atoms with Crippen LogP contribution in [0.4, 0.5) is 9.59 Å². The normalized spacial score (nSPS) is 24.7. The molecule has 0 aromatic carbocycles. The van der Waals surface area contributed by atoms with Gasteiger partial charge in [-0.25, -0.2) is 9.59 Å². The van der Waals surface area contributed by atoms with E-state index in [0.29, 0.717) is 0 Å². The van der Waals surface area contributed by atoms with E-state index in [1.807, 2.05) is 0 Å². The third-order valence-electron chi connectivity index (χ3n) is 3.60. The molecule has 10 heteroatoms. The molecule has 4 amide bonds. The summed E-state index contributed by atoms with van der Waals surface area (Å²) in [6.07, 6.45) is -1.05. The molecule has 2 saturated heterocycles. The number of amides is 4. The third kappa shape index (κ3) is 2.58. The second-order valence-corrected chi connectivity index (χ2v) is 4.94. The average Bonchev–Trinajstić information content (AvgIpc) is 2.90. The highest BCUT2D eigenvalue weighted by Gasteiger charge is 2.59. The first-order valence-corrected chi connectivity index (χ1v) is 6.72. The molecule has 0 atom stereocenters. The van der Waals surface area contributed by atoms with Crippen molar-refractivity contribution in [3.05, 3.63) is 0 Å². The van der Waals surface area contributed by atoms with E-state index in [2.05, 4.69) is 0 Å². The Labute approximate surface area is 129 Å². The number of hydrogen-bond acceptors (Lipinski definition) is 6. The van der Waals surface area contributed by atoms with Gasteiger partial charge in [0.2, 0.25) is 0 Å². The van der Waals surface area contributed by atoms with E-state index in [1.54, 1.807) is 0 Å². The maximum atomic E-state index is 12.6. The highest BCUT2D eigenvalue weighted by atomic mass is 16.5. The minimum atomic E-state index is -0.523. The minimum absolute atomic E-state index is 0.0640. The van der Waals surface area contributed by atoms with Gasteiger partial charge >= 0.3 is 12.1 Å². The molecule has 2 heterocycles. The van der Waals surface area contributed by atoms with E-state index < -0.39 is 12.3 Å². The molecule has 10 nitrogen and oxygen atoms in total. The zero-order valence-corrected chi connectivity index (χ0v) is 13.2. The number of carbonyl (C=O) groups is 2. The van der Waals surface area contributed by atoms with E-state index in [9.17, 15) is 9.59 Å². The lowest BCUT2D eigenvalue weighted by Crippen LogP contribution is -2.48. The first kappa shape index (κ1) is 16.7. The fourth-order valence-electron chi connectivity index (χ4n) is 2.85. The Balaban J connectivity index is 2.36. The van der Waals surface area contributed by atoms with Gasteiger partial charge < -0.3 is 18.9 Å². The first-order valence-electron chi connectivity index (χ1n) is 6.72. The predicted molar refractivity (Wildman–Crippen MR) is 73.2 cm³/mol. The summed E-state index contributed by atoms with van der Waals surface area (Å²) >= 11 is 0. The molecule has 0 aromatic rings. The van der Waals surface area contributed by atoms with Gasteiger partial charge in [0.05, 0.1) is 0 Å². The van der Waals surface area contributed by atoms with Crippen LogP contribution in [0.5, 0.6) is 0 Å². The lowest BCUT2D eigenvalue weighted by molar-refractivity contribution is -0.0135. The fraction of sp³-hybridized carbons (Fsp3) is 0.833. The lowest BCUT2D eigenvalue weighted by atomic mass is 10.3. The Hall–Kier alpha value is -1.62. The van der Waals surface area contributed by atoms with Gasteiger partial charge in [0.1, 0.15) is 26.9 Å². The number of ether oxygens (including phenoxy) is 4. The summed E-state index contributed by atoms with van der Waals surface area (Å²) in [5.74, 6) is 0. The Morgan fingerprint density at radius 3 is 1.05 bits per heavy atom. The summed E-state index contributed by atoms with van der Waals surface area (Å²) in [6, 6.07) is -0.540. The first-order chi connectivity index (χ1) is 10.6. The number of urea groups is 2. The van der Waals surface area contributed by atoms with Crippen molar-refractivity contribution in [3.63, 3.8) is 0 Å². The van der Waals surface area contributed by atoms with Gasteiger partial charge in [0, 0.05) is 28.4 Å². The molecule has 0 bridgehead atoms. The van der Waals surface area contributed by atoms with E-state index in [-0.39, 0.29) is 39.0 Å². The summed E-state index contributed by atoms with van der Waals surface area (Å²) in [5.41, 5.74) is 0. The number of hydrogen-bond donors (Lipinski definition) is 0.